The molecule has 27 heavy (non-hydrogen) atoms. The van der Waals surface area contributed by atoms with Gasteiger partial charge in [0, 0.05) is 27.3 Å². The second kappa shape index (κ2) is 7.79. The molecule has 0 radical (unpaired) electrons. The number of carbonyl (C=O) groups is 1. The molecule has 2 N–H and O–H groups in total. The Morgan fingerprint density at radius 2 is 1.93 bits per heavy atom. The summed E-state index contributed by atoms with van der Waals surface area (Å²) in [5.41, 5.74) is 3.60. The zero-order valence-electron chi connectivity index (χ0n) is 14.5. The summed E-state index contributed by atoms with van der Waals surface area (Å²) in [6.07, 6.45) is 2.79. The number of nitrogens with one attached hydrogen (secondary N) is 2. The quantitative estimate of drug-likeness (QED) is 0.580. The van der Waals surface area contributed by atoms with Crippen molar-refractivity contribution in [1.82, 2.24) is 4.98 Å². The highest BCUT2D eigenvalue weighted by atomic mass is 79.9. The number of pyridine rings is 1. The van der Waals surface area contributed by atoms with Gasteiger partial charge in [0.15, 0.2) is 0 Å². The molecule has 3 aromatic rings. The van der Waals surface area contributed by atoms with Gasteiger partial charge in [-0.3, -0.25) is 14.5 Å². The molecule has 0 aliphatic carbocycles. The van der Waals surface area contributed by atoms with Gasteiger partial charge in [-0.2, -0.15) is 0 Å². The van der Waals surface area contributed by atoms with Gasteiger partial charge in [-0.05, 0) is 42.8 Å². The monoisotopic (exact) mass is 465 g/mol. The zero-order chi connectivity index (χ0) is 19.6. The molecule has 1 amide bonds. The molecular weight excluding hydrogens is 450 g/mol. The van der Waals surface area contributed by atoms with Gasteiger partial charge in [0.25, 0.3) is 5.91 Å². The molecule has 6 nitrogen and oxygen atoms in total. The largest absolute Gasteiger partial charge is 0.321 e. The van der Waals surface area contributed by atoms with Crippen molar-refractivity contribution >= 4 is 54.6 Å². The minimum Gasteiger partial charge on any atom is -0.321 e. The average molecular weight is 466 g/mol. The van der Waals surface area contributed by atoms with Gasteiger partial charge in [-0.15, -0.1) is 11.3 Å². The molecule has 0 bridgehead atoms. The van der Waals surface area contributed by atoms with Gasteiger partial charge in [-0.1, -0.05) is 22.0 Å². The summed E-state index contributed by atoms with van der Waals surface area (Å²) >= 11 is 4.64. The second-order valence-corrected chi connectivity index (χ2v) is 9.50. The molecule has 1 aromatic carbocycles. The lowest BCUT2D eigenvalue weighted by atomic mass is 10.1. The third-order valence-corrected chi connectivity index (χ3v) is 5.56. The summed E-state index contributed by atoms with van der Waals surface area (Å²) in [5, 5.41) is 4.68. The molecule has 3 rings (SSSR count). The van der Waals surface area contributed by atoms with E-state index in [9.17, 15) is 13.2 Å². The van der Waals surface area contributed by atoms with Crippen LogP contribution >= 0.6 is 27.3 Å². The van der Waals surface area contributed by atoms with Crippen LogP contribution in [0.4, 0.5) is 11.4 Å². The van der Waals surface area contributed by atoms with Gasteiger partial charge >= 0.3 is 0 Å². The topological polar surface area (TPSA) is 88.2 Å². The van der Waals surface area contributed by atoms with Crippen LogP contribution in [-0.2, 0) is 10.0 Å². The van der Waals surface area contributed by atoms with E-state index in [1.807, 2.05) is 24.4 Å². The lowest BCUT2D eigenvalue weighted by Gasteiger charge is -2.09. The van der Waals surface area contributed by atoms with Crippen molar-refractivity contribution < 1.29 is 13.2 Å². The number of rotatable bonds is 5. The Labute approximate surface area is 169 Å². The number of hydrogen-bond donors (Lipinski definition) is 2. The van der Waals surface area contributed by atoms with Gasteiger partial charge in [-0.25, -0.2) is 8.42 Å². The molecule has 0 aliphatic heterocycles. The van der Waals surface area contributed by atoms with Crippen LogP contribution in [0.15, 0.2) is 52.4 Å². The third kappa shape index (κ3) is 5.15. The minimum absolute atomic E-state index is 0.275. The molecular formula is C18H16BrN3O3S2. The van der Waals surface area contributed by atoms with E-state index < -0.39 is 10.0 Å². The van der Waals surface area contributed by atoms with E-state index in [1.165, 1.54) is 11.3 Å². The van der Waals surface area contributed by atoms with E-state index in [0.29, 0.717) is 20.7 Å². The third-order valence-electron chi connectivity index (χ3n) is 3.57. The first-order valence-corrected chi connectivity index (χ1v) is 11.4. The lowest BCUT2D eigenvalue weighted by molar-refractivity contribution is 0.103. The molecule has 0 fully saturated rings. The molecule has 0 atom stereocenters. The van der Waals surface area contributed by atoms with Gasteiger partial charge in [0.05, 0.1) is 22.5 Å². The Kier molecular flexibility index (Phi) is 5.64. The summed E-state index contributed by atoms with van der Waals surface area (Å²) in [5.74, 6) is -0.275. The van der Waals surface area contributed by atoms with E-state index in [4.69, 9.17) is 0 Å². The Balaban J connectivity index is 1.81. The number of thiophene rings is 1. The number of hydrogen-bond acceptors (Lipinski definition) is 5. The number of carbonyl (C=O) groups excluding carboxylic acids is 1. The molecule has 0 spiro atoms. The number of halogens is 1. The summed E-state index contributed by atoms with van der Waals surface area (Å²) in [6.45, 7) is 1.97. The molecule has 2 aromatic heterocycles. The highest BCUT2D eigenvalue weighted by Gasteiger charge is 2.13. The smallest absolute Gasteiger partial charge is 0.265 e. The first kappa shape index (κ1) is 19.5. The average Bonchev–Trinajstić information content (AvgIpc) is 3.03. The van der Waals surface area contributed by atoms with Crippen LogP contribution in [0, 0.1) is 6.92 Å². The van der Waals surface area contributed by atoms with Crippen LogP contribution in [-0.4, -0.2) is 25.6 Å². The first-order valence-electron chi connectivity index (χ1n) is 7.81. The van der Waals surface area contributed by atoms with Crippen molar-refractivity contribution in [2.24, 2.45) is 0 Å². The SMILES string of the molecule is Cc1cccnc1-c1csc(C(=O)Nc2cc(Br)cc(NS(C)(=O)=O)c2)c1. The van der Waals surface area contributed by atoms with Gasteiger partial charge in [0.1, 0.15) is 0 Å². The summed E-state index contributed by atoms with van der Waals surface area (Å²) in [7, 11) is -3.41. The fourth-order valence-electron chi connectivity index (χ4n) is 2.49. The van der Waals surface area contributed by atoms with Crippen LogP contribution in [0.3, 0.4) is 0 Å². The predicted molar refractivity (Wildman–Crippen MR) is 113 cm³/mol. The molecule has 0 unspecified atom stereocenters. The van der Waals surface area contributed by atoms with Crippen LogP contribution in [0.2, 0.25) is 0 Å². The number of nitrogens with zero attached hydrogens (tertiary/aromatic N) is 1. The van der Waals surface area contributed by atoms with E-state index in [0.717, 1.165) is 23.1 Å². The van der Waals surface area contributed by atoms with Crippen LogP contribution in [0.25, 0.3) is 11.3 Å². The van der Waals surface area contributed by atoms with Gasteiger partial charge in [0.2, 0.25) is 10.0 Å². The maximum atomic E-state index is 12.6. The normalized spacial score (nSPS) is 11.2. The number of benzene rings is 1. The van der Waals surface area contributed by atoms with Gasteiger partial charge < -0.3 is 5.32 Å². The summed E-state index contributed by atoms with van der Waals surface area (Å²) in [4.78, 5) is 17.5. The summed E-state index contributed by atoms with van der Waals surface area (Å²) in [6, 6.07) is 10.5. The van der Waals surface area contributed by atoms with E-state index in [-0.39, 0.29) is 5.91 Å². The Hall–Kier alpha value is -2.23. The highest BCUT2D eigenvalue weighted by molar-refractivity contribution is 9.10. The highest BCUT2D eigenvalue weighted by Crippen LogP contribution is 2.28. The number of aromatic nitrogens is 1. The van der Waals surface area contributed by atoms with Crippen LogP contribution in [0.1, 0.15) is 15.2 Å². The Morgan fingerprint density at radius 1 is 1.19 bits per heavy atom. The van der Waals surface area contributed by atoms with Crippen molar-refractivity contribution in [3.8, 4) is 11.3 Å². The van der Waals surface area contributed by atoms with Crippen LogP contribution in [0.5, 0.6) is 0 Å². The second-order valence-electron chi connectivity index (χ2n) is 5.93. The van der Waals surface area contributed by atoms with E-state index >= 15 is 0 Å². The standard InChI is InChI=1S/C18H16BrN3O3S2/c1-11-4-3-5-20-17(11)12-6-16(26-10-12)18(23)21-14-7-13(19)8-15(9-14)22-27(2,24)25/h3-10,22H,1-2H3,(H,21,23). The number of aryl methyl sites for hydroxylation is 1. The predicted octanol–water partition coefficient (Wildman–Crippen LogP) is 4.50. The molecule has 0 saturated carbocycles. The number of anilines is 2. The van der Waals surface area contributed by atoms with Crippen molar-refractivity contribution in [2.45, 2.75) is 6.92 Å². The zero-order valence-corrected chi connectivity index (χ0v) is 17.7. The number of amides is 1. The Morgan fingerprint density at radius 3 is 2.63 bits per heavy atom. The fraction of sp³-hybridized carbons (Fsp3) is 0.111. The van der Waals surface area contributed by atoms with Crippen molar-refractivity contribution in [3.63, 3.8) is 0 Å². The molecule has 2 heterocycles. The minimum atomic E-state index is -3.41. The first-order chi connectivity index (χ1) is 12.7. The van der Waals surface area contributed by atoms with Crippen molar-refractivity contribution in [2.75, 3.05) is 16.3 Å². The van der Waals surface area contributed by atoms with Crippen molar-refractivity contribution in [3.05, 3.63) is 62.9 Å². The number of sulfonamides is 1. The van der Waals surface area contributed by atoms with E-state index in [2.05, 4.69) is 31.0 Å². The maximum absolute atomic E-state index is 12.6. The molecule has 0 aliphatic rings. The lowest BCUT2D eigenvalue weighted by Crippen LogP contribution is -2.12. The molecule has 9 heteroatoms. The maximum Gasteiger partial charge on any atom is 0.265 e. The Bertz CT molecular complexity index is 1110. The van der Waals surface area contributed by atoms with E-state index in [1.54, 1.807) is 30.5 Å². The van der Waals surface area contributed by atoms with Crippen LogP contribution < -0.4 is 10.0 Å². The fourth-order valence-corrected chi connectivity index (χ4v) is 4.32. The van der Waals surface area contributed by atoms with Crippen molar-refractivity contribution in [1.29, 1.82) is 0 Å². The summed E-state index contributed by atoms with van der Waals surface area (Å²) < 4.78 is 25.9. The molecule has 0 saturated heterocycles. The molecule has 140 valence electrons.